The first-order valence-electron chi connectivity index (χ1n) is 11.0. The zero-order chi connectivity index (χ0) is 24.9. The molecule has 0 bridgehead atoms. The van der Waals surface area contributed by atoms with Gasteiger partial charge in [0.25, 0.3) is 5.91 Å². The molecule has 1 amide bonds. The molecule has 0 unspecified atom stereocenters. The number of esters is 1. The maximum atomic E-state index is 13.0. The number of carbonyl (C=O) groups excluding carboxylic acids is 2. The summed E-state index contributed by atoms with van der Waals surface area (Å²) in [4.78, 5) is 32.1. The summed E-state index contributed by atoms with van der Waals surface area (Å²) < 4.78 is 10.8. The number of aromatic nitrogens is 1. The number of nitrogens with one attached hydrogen (secondary N) is 1. The van der Waals surface area contributed by atoms with Gasteiger partial charge in [-0.25, -0.2) is 9.78 Å². The molecular weight excluding hydrogens is 496 g/mol. The van der Waals surface area contributed by atoms with Crippen LogP contribution >= 0.6 is 23.4 Å². The second-order valence-electron chi connectivity index (χ2n) is 7.73. The Kier molecular flexibility index (Phi) is 7.02. The number of furan rings is 1. The van der Waals surface area contributed by atoms with Crippen LogP contribution < -0.4 is 5.32 Å². The minimum absolute atomic E-state index is 0.304. The van der Waals surface area contributed by atoms with E-state index in [4.69, 9.17) is 20.8 Å². The number of carbonyl (C=O) groups is 2. The van der Waals surface area contributed by atoms with Crippen LogP contribution in [-0.2, 0) is 9.53 Å². The van der Waals surface area contributed by atoms with Crippen LogP contribution in [0.15, 0.2) is 111 Å². The molecule has 0 saturated heterocycles. The van der Waals surface area contributed by atoms with Gasteiger partial charge in [-0.2, -0.15) is 0 Å². The summed E-state index contributed by atoms with van der Waals surface area (Å²) in [7, 11) is 0. The number of hydrogen-bond acceptors (Lipinski definition) is 6. The number of benzene rings is 3. The summed E-state index contributed by atoms with van der Waals surface area (Å²) in [5.74, 6) is -0.542. The van der Waals surface area contributed by atoms with Gasteiger partial charge < -0.3 is 14.5 Å². The number of halogens is 1. The molecule has 2 heterocycles. The number of para-hydroxylation sites is 2. The van der Waals surface area contributed by atoms with Crippen molar-refractivity contribution in [1.29, 1.82) is 0 Å². The van der Waals surface area contributed by atoms with Crippen molar-refractivity contribution in [3.8, 4) is 11.5 Å². The van der Waals surface area contributed by atoms with Crippen LogP contribution in [0.5, 0.6) is 0 Å². The number of anilines is 1. The van der Waals surface area contributed by atoms with Crippen molar-refractivity contribution in [1.82, 2.24) is 4.98 Å². The van der Waals surface area contributed by atoms with E-state index in [2.05, 4.69) is 10.3 Å². The summed E-state index contributed by atoms with van der Waals surface area (Å²) >= 11 is 7.46. The van der Waals surface area contributed by atoms with Crippen molar-refractivity contribution < 1.29 is 18.7 Å². The second-order valence-corrected chi connectivity index (χ2v) is 9.28. The van der Waals surface area contributed by atoms with E-state index in [0.717, 1.165) is 9.79 Å². The number of rotatable bonds is 7. The molecule has 0 aliphatic carbocycles. The predicted octanol–water partition coefficient (Wildman–Crippen LogP) is 7.09. The van der Waals surface area contributed by atoms with Crippen molar-refractivity contribution in [2.45, 2.75) is 9.79 Å². The van der Waals surface area contributed by atoms with E-state index in [-0.39, 0.29) is 0 Å². The van der Waals surface area contributed by atoms with Crippen LogP contribution in [0.2, 0.25) is 5.02 Å². The van der Waals surface area contributed by atoms with Gasteiger partial charge in [-0.1, -0.05) is 53.7 Å². The number of pyridine rings is 1. The van der Waals surface area contributed by atoms with Crippen molar-refractivity contribution in [3.05, 3.63) is 108 Å². The lowest BCUT2D eigenvalue weighted by Gasteiger charge is -2.12. The third-order valence-corrected chi connectivity index (χ3v) is 6.58. The molecule has 2 aromatic heterocycles. The van der Waals surface area contributed by atoms with Gasteiger partial charge >= 0.3 is 5.97 Å². The average Bonchev–Trinajstić information content (AvgIpc) is 3.44. The van der Waals surface area contributed by atoms with Gasteiger partial charge in [0, 0.05) is 20.2 Å². The van der Waals surface area contributed by atoms with Crippen molar-refractivity contribution in [2.75, 3.05) is 11.9 Å². The highest BCUT2D eigenvalue weighted by Gasteiger charge is 2.18. The zero-order valence-electron chi connectivity index (χ0n) is 18.8. The Balaban J connectivity index is 1.30. The van der Waals surface area contributed by atoms with Crippen LogP contribution in [0.4, 0.5) is 5.69 Å². The van der Waals surface area contributed by atoms with Gasteiger partial charge in [0.05, 0.1) is 23.0 Å². The van der Waals surface area contributed by atoms with E-state index in [1.165, 1.54) is 18.0 Å². The SMILES string of the molecule is O=C(COC(=O)c1cc(-c2ccco2)nc2ccccc12)Nc1ccccc1Sc1ccc(Cl)cc1. The number of ether oxygens (including phenoxy) is 1. The largest absolute Gasteiger partial charge is 0.463 e. The molecule has 6 nitrogen and oxygen atoms in total. The molecule has 0 spiro atoms. The average molecular weight is 515 g/mol. The summed E-state index contributed by atoms with van der Waals surface area (Å²) in [6.07, 6.45) is 1.54. The molecule has 8 heteroatoms. The Bertz CT molecular complexity index is 1540. The molecular formula is C28H19ClN2O4S. The lowest BCUT2D eigenvalue weighted by Crippen LogP contribution is -2.21. The fourth-order valence-corrected chi connectivity index (χ4v) is 4.61. The molecule has 0 fully saturated rings. The second kappa shape index (κ2) is 10.7. The molecule has 0 atom stereocenters. The van der Waals surface area contributed by atoms with Crippen LogP contribution in [-0.4, -0.2) is 23.5 Å². The monoisotopic (exact) mass is 514 g/mol. The van der Waals surface area contributed by atoms with Gasteiger partial charge in [0.2, 0.25) is 0 Å². The first-order chi connectivity index (χ1) is 17.6. The molecule has 36 heavy (non-hydrogen) atoms. The van der Waals surface area contributed by atoms with Gasteiger partial charge in [0.1, 0.15) is 5.69 Å². The fourth-order valence-electron chi connectivity index (χ4n) is 3.58. The predicted molar refractivity (Wildman–Crippen MR) is 140 cm³/mol. The van der Waals surface area contributed by atoms with Crippen LogP contribution in [0, 0.1) is 0 Å². The quantitative estimate of drug-likeness (QED) is 0.233. The molecule has 0 aliphatic heterocycles. The lowest BCUT2D eigenvalue weighted by molar-refractivity contribution is -0.119. The number of amides is 1. The van der Waals surface area contributed by atoms with Crippen LogP contribution in [0.1, 0.15) is 10.4 Å². The molecule has 178 valence electrons. The fraction of sp³-hybridized carbons (Fsp3) is 0.0357. The Hall–Kier alpha value is -4.07. The minimum Gasteiger partial charge on any atom is -0.463 e. The normalized spacial score (nSPS) is 10.8. The Morgan fingerprint density at radius 2 is 1.72 bits per heavy atom. The van der Waals surface area contributed by atoms with Crippen LogP contribution in [0.3, 0.4) is 0 Å². The summed E-state index contributed by atoms with van der Waals surface area (Å²) in [6.45, 7) is -0.439. The van der Waals surface area contributed by atoms with Gasteiger partial charge in [-0.05, 0) is 60.7 Å². The molecule has 3 aromatic carbocycles. The number of fused-ring (bicyclic) bond motifs is 1. The number of hydrogen-bond donors (Lipinski definition) is 1. The first kappa shape index (κ1) is 23.7. The molecule has 5 rings (SSSR count). The highest BCUT2D eigenvalue weighted by atomic mass is 35.5. The van der Waals surface area contributed by atoms with Gasteiger partial charge in [0.15, 0.2) is 12.4 Å². The minimum atomic E-state index is -0.625. The lowest BCUT2D eigenvalue weighted by atomic mass is 10.1. The van der Waals surface area contributed by atoms with Gasteiger partial charge in [-0.3, -0.25) is 4.79 Å². The summed E-state index contributed by atoms with van der Waals surface area (Å²) in [5.41, 5.74) is 2.05. The van der Waals surface area contributed by atoms with E-state index in [9.17, 15) is 9.59 Å². The van der Waals surface area contributed by atoms with E-state index in [1.807, 2.05) is 54.6 Å². The maximum absolute atomic E-state index is 13.0. The molecule has 5 aromatic rings. The third kappa shape index (κ3) is 5.43. The zero-order valence-corrected chi connectivity index (χ0v) is 20.4. The Morgan fingerprint density at radius 1 is 0.944 bits per heavy atom. The first-order valence-corrected chi connectivity index (χ1v) is 12.2. The van der Waals surface area contributed by atoms with Gasteiger partial charge in [-0.15, -0.1) is 0 Å². The highest BCUT2D eigenvalue weighted by Crippen LogP contribution is 2.34. The number of nitrogens with zero attached hydrogens (tertiary/aromatic N) is 1. The van der Waals surface area contributed by atoms with E-state index >= 15 is 0 Å². The topological polar surface area (TPSA) is 81.4 Å². The Morgan fingerprint density at radius 3 is 2.53 bits per heavy atom. The Labute approximate surface area is 216 Å². The smallest absolute Gasteiger partial charge is 0.339 e. The molecule has 1 N–H and O–H groups in total. The maximum Gasteiger partial charge on any atom is 0.339 e. The third-order valence-electron chi connectivity index (χ3n) is 5.25. The van der Waals surface area contributed by atoms with E-state index in [0.29, 0.717) is 38.6 Å². The highest BCUT2D eigenvalue weighted by molar-refractivity contribution is 7.99. The van der Waals surface area contributed by atoms with E-state index in [1.54, 1.807) is 36.4 Å². The van der Waals surface area contributed by atoms with E-state index < -0.39 is 18.5 Å². The summed E-state index contributed by atoms with van der Waals surface area (Å²) in [6, 6.07) is 27.2. The molecule has 0 aliphatic rings. The molecule has 0 radical (unpaired) electrons. The van der Waals surface area contributed by atoms with Crippen molar-refractivity contribution >= 4 is 51.8 Å². The molecule has 0 saturated carbocycles. The summed E-state index contributed by atoms with van der Waals surface area (Å²) in [5, 5.41) is 4.11. The van der Waals surface area contributed by atoms with Crippen LogP contribution in [0.25, 0.3) is 22.4 Å². The standard InChI is InChI=1S/C28H19ClN2O4S/c29-18-11-13-19(14-12-18)36-26-10-4-3-8-23(26)31-27(32)17-35-28(33)21-16-24(25-9-5-15-34-25)30-22-7-2-1-6-20(21)22/h1-16H,17H2,(H,31,32). The van der Waals surface area contributed by atoms with Crippen molar-refractivity contribution in [2.24, 2.45) is 0 Å². The van der Waals surface area contributed by atoms with Crippen molar-refractivity contribution in [3.63, 3.8) is 0 Å².